The molecule has 0 aliphatic heterocycles. The van der Waals surface area contributed by atoms with Crippen molar-refractivity contribution in [2.45, 2.75) is 26.3 Å². The number of rotatable bonds is 5. The number of hydrogen-bond acceptors (Lipinski definition) is 4. The lowest BCUT2D eigenvalue weighted by Gasteiger charge is -2.13. The lowest BCUT2D eigenvalue weighted by atomic mass is 10.1. The summed E-state index contributed by atoms with van der Waals surface area (Å²) >= 11 is 0. The summed E-state index contributed by atoms with van der Waals surface area (Å²) in [7, 11) is 0. The quantitative estimate of drug-likeness (QED) is 0.876. The molecule has 0 saturated heterocycles. The Hall–Kier alpha value is -2.14. The van der Waals surface area contributed by atoms with E-state index in [4.69, 9.17) is 9.52 Å². The van der Waals surface area contributed by atoms with Gasteiger partial charge in [-0.3, -0.25) is 4.79 Å². The van der Waals surface area contributed by atoms with E-state index in [2.05, 4.69) is 10.3 Å². The molecule has 20 heavy (non-hydrogen) atoms. The van der Waals surface area contributed by atoms with E-state index < -0.39 is 0 Å². The number of aromatic nitrogens is 1. The Morgan fingerprint density at radius 2 is 2.25 bits per heavy atom. The molecule has 2 aromatic rings. The number of nitrogens with one attached hydrogen (secondary N) is 1. The first-order valence-corrected chi connectivity index (χ1v) is 6.55. The lowest BCUT2D eigenvalue weighted by molar-refractivity contribution is 0.0933. The number of amides is 1. The molecule has 106 valence electrons. The first-order chi connectivity index (χ1) is 9.61. The Kier molecular flexibility index (Phi) is 4.53. The third-order valence-electron chi connectivity index (χ3n) is 3.04. The predicted molar refractivity (Wildman–Crippen MR) is 75.3 cm³/mol. The lowest BCUT2D eigenvalue weighted by Crippen LogP contribution is -2.33. The van der Waals surface area contributed by atoms with Gasteiger partial charge in [0.05, 0.1) is 17.5 Å². The molecule has 0 aliphatic rings. The van der Waals surface area contributed by atoms with Crippen LogP contribution in [0.2, 0.25) is 0 Å². The summed E-state index contributed by atoms with van der Waals surface area (Å²) in [6, 6.07) is 7.05. The van der Waals surface area contributed by atoms with Gasteiger partial charge in [-0.25, -0.2) is 4.98 Å². The van der Waals surface area contributed by atoms with Crippen LogP contribution in [0.5, 0.6) is 0 Å². The fourth-order valence-electron chi connectivity index (χ4n) is 1.93. The van der Waals surface area contributed by atoms with Gasteiger partial charge in [0.1, 0.15) is 5.69 Å². The van der Waals surface area contributed by atoms with Gasteiger partial charge in [-0.1, -0.05) is 0 Å². The molecule has 1 amide bonds. The Morgan fingerprint density at radius 1 is 1.45 bits per heavy atom. The van der Waals surface area contributed by atoms with Gasteiger partial charge in [0, 0.05) is 12.6 Å². The second-order valence-corrected chi connectivity index (χ2v) is 4.69. The average molecular weight is 274 g/mol. The van der Waals surface area contributed by atoms with Crippen LogP contribution < -0.4 is 5.32 Å². The number of aryl methyl sites for hydroxylation is 1. The van der Waals surface area contributed by atoms with Crippen molar-refractivity contribution in [2.24, 2.45) is 0 Å². The van der Waals surface area contributed by atoms with Crippen molar-refractivity contribution < 1.29 is 14.3 Å². The molecule has 5 heteroatoms. The standard InChI is InChI=1S/C15H18N2O3/c1-10(7-8-18)16-15(19)12-5-6-13(17-11(12)2)14-4-3-9-20-14/h3-6,9-10,18H,7-8H2,1-2H3,(H,16,19)/t10-/m1/s1. The first-order valence-electron chi connectivity index (χ1n) is 6.55. The number of aliphatic hydroxyl groups excluding tert-OH is 1. The maximum Gasteiger partial charge on any atom is 0.253 e. The molecule has 0 radical (unpaired) electrons. The zero-order valence-electron chi connectivity index (χ0n) is 11.6. The SMILES string of the molecule is Cc1nc(-c2ccco2)ccc1C(=O)N[C@H](C)CCO. The zero-order chi connectivity index (χ0) is 14.5. The van der Waals surface area contributed by atoms with E-state index in [1.807, 2.05) is 13.0 Å². The number of carbonyl (C=O) groups excluding carboxylic acids is 1. The largest absolute Gasteiger partial charge is 0.463 e. The van der Waals surface area contributed by atoms with Crippen LogP contribution >= 0.6 is 0 Å². The normalized spacial score (nSPS) is 12.2. The summed E-state index contributed by atoms with van der Waals surface area (Å²) in [5.74, 6) is 0.496. The first kappa shape index (κ1) is 14.3. The molecule has 1 atom stereocenters. The van der Waals surface area contributed by atoms with Crippen molar-refractivity contribution in [3.63, 3.8) is 0 Å². The van der Waals surface area contributed by atoms with Crippen molar-refractivity contribution in [2.75, 3.05) is 6.61 Å². The molecule has 5 nitrogen and oxygen atoms in total. The summed E-state index contributed by atoms with van der Waals surface area (Å²) in [4.78, 5) is 16.5. The molecular formula is C15H18N2O3. The topological polar surface area (TPSA) is 75.4 Å². The Bertz CT molecular complexity index is 579. The van der Waals surface area contributed by atoms with Crippen LogP contribution in [-0.2, 0) is 0 Å². The zero-order valence-corrected chi connectivity index (χ0v) is 11.6. The highest BCUT2D eigenvalue weighted by molar-refractivity contribution is 5.95. The fourth-order valence-corrected chi connectivity index (χ4v) is 1.93. The highest BCUT2D eigenvalue weighted by Crippen LogP contribution is 2.19. The van der Waals surface area contributed by atoms with Crippen molar-refractivity contribution in [1.29, 1.82) is 0 Å². The minimum Gasteiger partial charge on any atom is -0.463 e. The smallest absolute Gasteiger partial charge is 0.253 e. The third kappa shape index (κ3) is 3.24. The third-order valence-corrected chi connectivity index (χ3v) is 3.04. The molecule has 2 heterocycles. The number of furan rings is 1. The molecule has 2 rings (SSSR count). The second kappa shape index (κ2) is 6.34. The van der Waals surface area contributed by atoms with Crippen molar-refractivity contribution in [1.82, 2.24) is 10.3 Å². The summed E-state index contributed by atoms with van der Waals surface area (Å²) in [6.45, 7) is 3.70. The molecule has 0 saturated carbocycles. The van der Waals surface area contributed by atoms with Crippen molar-refractivity contribution >= 4 is 5.91 Å². The molecule has 0 aromatic carbocycles. The average Bonchev–Trinajstić information content (AvgIpc) is 2.92. The summed E-state index contributed by atoms with van der Waals surface area (Å²) in [6.07, 6.45) is 2.12. The summed E-state index contributed by atoms with van der Waals surface area (Å²) in [5.41, 5.74) is 1.88. The van der Waals surface area contributed by atoms with Crippen LogP contribution in [0.25, 0.3) is 11.5 Å². The molecule has 0 spiro atoms. The Balaban J connectivity index is 2.15. The van der Waals surface area contributed by atoms with E-state index in [1.165, 1.54) is 0 Å². The maximum absolute atomic E-state index is 12.1. The van der Waals surface area contributed by atoms with E-state index in [9.17, 15) is 4.79 Å². The molecule has 2 N–H and O–H groups in total. The van der Waals surface area contributed by atoms with Gasteiger partial charge in [-0.2, -0.15) is 0 Å². The molecule has 0 aliphatic carbocycles. The maximum atomic E-state index is 12.1. The molecule has 2 aromatic heterocycles. The number of hydrogen-bond donors (Lipinski definition) is 2. The molecule has 0 unspecified atom stereocenters. The van der Waals surface area contributed by atoms with Gasteiger partial charge >= 0.3 is 0 Å². The predicted octanol–water partition coefficient (Wildman–Crippen LogP) is 2.15. The molecular weight excluding hydrogens is 256 g/mol. The monoisotopic (exact) mass is 274 g/mol. The highest BCUT2D eigenvalue weighted by Gasteiger charge is 2.14. The van der Waals surface area contributed by atoms with Crippen LogP contribution in [0.15, 0.2) is 34.9 Å². The fraction of sp³-hybridized carbons (Fsp3) is 0.333. The van der Waals surface area contributed by atoms with Crippen LogP contribution in [0.1, 0.15) is 29.4 Å². The Morgan fingerprint density at radius 3 is 2.85 bits per heavy atom. The number of aliphatic hydroxyl groups is 1. The van der Waals surface area contributed by atoms with Gasteiger partial charge in [0.15, 0.2) is 5.76 Å². The second-order valence-electron chi connectivity index (χ2n) is 4.69. The van der Waals surface area contributed by atoms with Gasteiger partial charge < -0.3 is 14.8 Å². The van der Waals surface area contributed by atoms with E-state index in [-0.39, 0.29) is 18.6 Å². The van der Waals surface area contributed by atoms with Gasteiger partial charge in [-0.15, -0.1) is 0 Å². The van der Waals surface area contributed by atoms with Gasteiger partial charge in [0.25, 0.3) is 5.91 Å². The van der Waals surface area contributed by atoms with Crippen molar-refractivity contribution in [3.8, 4) is 11.5 Å². The van der Waals surface area contributed by atoms with Crippen LogP contribution in [0.4, 0.5) is 0 Å². The molecule has 0 bridgehead atoms. The highest BCUT2D eigenvalue weighted by atomic mass is 16.3. The number of carbonyl (C=O) groups is 1. The molecule has 0 fully saturated rings. The number of nitrogens with zero attached hydrogens (tertiary/aromatic N) is 1. The van der Waals surface area contributed by atoms with Crippen LogP contribution in [0.3, 0.4) is 0 Å². The Labute approximate surface area is 117 Å². The van der Waals surface area contributed by atoms with E-state index in [1.54, 1.807) is 31.4 Å². The van der Waals surface area contributed by atoms with E-state index >= 15 is 0 Å². The summed E-state index contributed by atoms with van der Waals surface area (Å²) in [5, 5.41) is 11.7. The van der Waals surface area contributed by atoms with Crippen LogP contribution in [-0.4, -0.2) is 28.6 Å². The summed E-state index contributed by atoms with van der Waals surface area (Å²) < 4.78 is 5.28. The van der Waals surface area contributed by atoms with Gasteiger partial charge in [0.2, 0.25) is 0 Å². The van der Waals surface area contributed by atoms with E-state index in [0.717, 1.165) is 0 Å². The van der Waals surface area contributed by atoms with Crippen LogP contribution in [0, 0.1) is 6.92 Å². The minimum absolute atomic E-state index is 0.0517. The minimum atomic E-state index is -0.179. The van der Waals surface area contributed by atoms with E-state index in [0.29, 0.717) is 29.1 Å². The number of pyridine rings is 1. The van der Waals surface area contributed by atoms with Crippen molar-refractivity contribution in [3.05, 3.63) is 41.8 Å². The van der Waals surface area contributed by atoms with Gasteiger partial charge in [-0.05, 0) is 44.5 Å².